The van der Waals surface area contributed by atoms with Crippen LogP contribution in [0, 0.1) is 16.7 Å². The molecule has 2 aliphatic heterocycles. The Morgan fingerprint density at radius 2 is 1.95 bits per heavy atom. The second-order valence-electron chi connectivity index (χ2n) is 10.3. The van der Waals surface area contributed by atoms with Gasteiger partial charge in [-0.15, -0.1) is 0 Å². The van der Waals surface area contributed by atoms with Gasteiger partial charge >= 0.3 is 0 Å². The van der Waals surface area contributed by atoms with Gasteiger partial charge in [-0.05, 0) is 47.2 Å². The number of benzene rings is 2. The highest BCUT2D eigenvalue weighted by atomic mass is 32.2. The molecule has 0 bridgehead atoms. The lowest BCUT2D eigenvalue weighted by atomic mass is 9.69. The second kappa shape index (κ2) is 10.5. The van der Waals surface area contributed by atoms with E-state index in [-0.39, 0.29) is 29.7 Å². The highest BCUT2D eigenvalue weighted by Crippen LogP contribution is 2.48. The quantitative estimate of drug-likeness (QED) is 0.536. The summed E-state index contributed by atoms with van der Waals surface area (Å²) in [7, 11) is 1.60. The number of rotatable bonds is 7. The summed E-state index contributed by atoms with van der Waals surface area (Å²) in [6.45, 7) is 4.68. The number of methoxy groups -OCH3 is 1. The number of carbonyl (C=O) groups excluding carboxylic acids is 2. The number of ketones is 1. The van der Waals surface area contributed by atoms with Gasteiger partial charge in [-0.2, -0.15) is 5.26 Å². The molecular formula is C29H29N3O5S. The number of hydrogen-bond donors (Lipinski definition) is 2. The minimum atomic E-state index is -0.495. The van der Waals surface area contributed by atoms with Crippen LogP contribution in [0.15, 0.2) is 64.3 Å². The number of amides is 1. The van der Waals surface area contributed by atoms with Crippen molar-refractivity contribution in [2.45, 2.75) is 39.2 Å². The number of Topliss-reactive ketones (excluding diaryl/α,β-unsaturated/α-hetero) is 1. The summed E-state index contributed by atoms with van der Waals surface area (Å²) < 4.78 is 16.0. The van der Waals surface area contributed by atoms with Crippen LogP contribution >= 0.6 is 11.8 Å². The van der Waals surface area contributed by atoms with Crippen LogP contribution in [0.4, 0.5) is 0 Å². The van der Waals surface area contributed by atoms with Crippen molar-refractivity contribution in [3.05, 3.63) is 75.5 Å². The van der Waals surface area contributed by atoms with E-state index < -0.39 is 5.92 Å². The van der Waals surface area contributed by atoms with Crippen molar-refractivity contribution < 1.29 is 23.8 Å². The van der Waals surface area contributed by atoms with Crippen LogP contribution in [0.3, 0.4) is 0 Å². The monoisotopic (exact) mass is 531 g/mol. The Kier molecular flexibility index (Phi) is 7.09. The molecule has 196 valence electrons. The zero-order chi connectivity index (χ0) is 26.9. The van der Waals surface area contributed by atoms with E-state index in [2.05, 4.69) is 30.6 Å². The molecule has 2 aromatic rings. The van der Waals surface area contributed by atoms with Gasteiger partial charge in [0.25, 0.3) is 0 Å². The predicted octanol–water partition coefficient (Wildman–Crippen LogP) is 4.54. The summed E-state index contributed by atoms with van der Waals surface area (Å²) in [4.78, 5) is 26.1. The molecular weight excluding hydrogens is 502 g/mol. The molecule has 0 unspecified atom stereocenters. The third kappa shape index (κ3) is 5.22. The van der Waals surface area contributed by atoms with Crippen LogP contribution < -0.4 is 24.8 Å². The number of fused-ring (bicyclic) bond motifs is 1. The molecule has 5 rings (SSSR count). The molecule has 1 atom stereocenters. The number of nitrogens with zero attached hydrogens (tertiary/aromatic N) is 1. The molecule has 0 spiro atoms. The first kappa shape index (κ1) is 25.7. The van der Waals surface area contributed by atoms with Gasteiger partial charge in [0.15, 0.2) is 17.3 Å². The average Bonchev–Trinajstić information content (AvgIpc) is 3.37. The molecule has 0 aromatic heterocycles. The van der Waals surface area contributed by atoms with E-state index in [4.69, 9.17) is 14.2 Å². The van der Waals surface area contributed by atoms with Crippen molar-refractivity contribution in [3.63, 3.8) is 0 Å². The lowest BCUT2D eigenvalue weighted by Gasteiger charge is -2.39. The van der Waals surface area contributed by atoms with Gasteiger partial charge in [0.1, 0.15) is 5.75 Å². The fraction of sp³-hybridized carbons (Fsp3) is 0.345. The smallest absolute Gasteiger partial charge is 0.231 e. The molecule has 1 aliphatic carbocycles. The summed E-state index contributed by atoms with van der Waals surface area (Å²) in [5, 5.41) is 17.1. The van der Waals surface area contributed by atoms with E-state index in [1.807, 2.05) is 42.5 Å². The maximum atomic E-state index is 13.3. The van der Waals surface area contributed by atoms with Gasteiger partial charge in [0, 0.05) is 24.2 Å². The fourth-order valence-electron chi connectivity index (χ4n) is 5.06. The summed E-state index contributed by atoms with van der Waals surface area (Å²) in [6.07, 6.45) is 1.10. The van der Waals surface area contributed by atoms with Gasteiger partial charge in [0.2, 0.25) is 12.7 Å². The van der Waals surface area contributed by atoms with E-state index in [1.165, 1.54) is 11.8 Å². The van der Waals surface area contributed by atoms with Gasteiger partial charge in [-0.1, -0.05) is 43.8 Å². The van der Waals surface area contributed by atoms with Gasteiger partial charge in [0.05, 0.1) is 35.5 Å². The van der Waals surface area contributed by atoms with Crippen LogP contribution in [0.5, 0.6) is 17.2 Å². The molecule has 38 heavy (non-hydrogen) atoms. The zero-order valence-corrected chi connectivity index (χ0v) is 22.4. The van der Waals surface area contributed by atoms with E-state index in [0.717, 1.165) is 16.8 Å². The molecule has 3 aliphatic rings. The van der Waals surface area contributed by atoms with Crippen molar-refractivity contribution in [1.29, 1.82) is 5.26 Å². The van der Waals surface area contributed by atoms with Crippen LogP contribution in [-0.2, 0) is 16.1 Å². The Labute approximate surface area is 226 Å². The molecule has 8 nitrogen and oxygen atoms in total. The van der Waals surface area contributed by atoms with E-state index in [0.29, 0.717) is 52.8 Å². The molecule has 1 amide bonds. The number of ether oxygens (including phenoxy) is 3. The normalized spacial score (nSPS) is 19.4. The van der Waals surface area contributed by atoms with Crippen LogP contribution in [0.25, 0.3) is 0 Å². The van der Waals surface area contributed by atoms with Gasteiger partial charge < -0.3 is 24.8 Å². The zero-order valence-electron chi connectivity index (χ0n) is 21.6. The molecule has 0 saturated heterocycles. The van der Waals surface area contributed by atoms with Gasteiger partial charge in [-0.3, -0.25) is 9.59 Å². The van der Waals surface area contributed by atoms with Crippen molar-refractivity contribution in [1.82, 2.24) is 10.6 Å². The molecule has 0 fully saturated rings. The Balaban J connectivity index is 1.36. The lowest BCUT2D eigenvalue weighted by molar-refractivity contribution is -0.119. The minimum Gasteiger partial charge on any atom is -0.497 e. The molecule has 0 radical (unpaired) electrons. The van der Waals surface area contributed by atoms with Crippen molar-refractivity contribution in [2.75, 3.05) is 19.7 Å². The topological polar surface area (TPSA) is 110 Å². The summed E-state index contributed by atoms with van der Waals surface area (Å²) in [5.41, 5.74) is 3.45. The van der Waals surface area contributed by atoms with Crippen molar-refractivity contribution >= 4 is 23.5 Å². The van der Waals surface area contributed by atoms with Crippen LogP contribution in [0.1, 0.15) is 43.7 Å². The number of allylic oxidation sites excluding steroid dienone is 3. The van der Waals surface area contributed by atoms with Crippen LogP contribution in [-0.4, -0.2) is 31.3 Å². The summed E-state index contributed by atoms with van der Waals surface area (Å²) >= 11 is 1.28. The third-order valence-corrected chi connectivity index (χ3v) is 7.87. The Morgan fingerprint density at radius 1 is 1.18 bits per heavy atom. The third-order valence-electron chi connectivity index (χ3n) is 6.85. The molecule has 0 saturated carbocycles. The first-order valence-electron chi connectivity index (χ1n) is 12.4. The maximum Gasteiger partial charge on any atom is 0.231 e. The van der Waals surface area contributed by atoms with E-state index in [1.54, 1.807) is 7.11 Å². The second-order valence-corrected chi connectivity index (χ2v) is 11.3. The molecule has 2 aromatic carbocycles. The van der Waals surface area contributed by atoms with Crippen molar-refractivity contribution in [2.24, 2.45) is 5.41 Å². The maximum absolute atomic E-state index is 13.3. The standard InChI is InChI=1S/C29H29N3O5S/c1-29(2)11-21-27(22(33)12-29)26(18-5-7-19(35-3)8-6-18)20(13-30)28(32-21)38-15-25(34)31-14-17-4-9-23-24(10-17)37-16-36-23/h4-10,26,32H,11-12,14-16H2,1-3H3,(H,31,34)/t26-/m0/s1. The Hall–Kier alpha value is -3.90. The van der Waals surface area contributed by atoms with E-state index >= 15 is 0 Å². The van der Waals surface area contributed by atoms with Crippen LogP contribution in [0.2, 0.25) is 0 Å². The fourth-order valence-corrected chi connectivity index (χ4v) is 5.95. The number of carbonyl (C=O) groups is 2. The highest BCUT2D eigenvalue weighted by molar-refractivity contribution is 8.03. The first-order valence-corrected chi connectivity index (χ1v) is 13.4. The predicted molar refractivity (Wildman–Crippen MR) is 143 cm³/mol. The number of hydrogen-bond acceptors (Lipinski definition) is 8. The number of nitriles is 1. The Morgan fingerprint density at radius 3 is 2.68 bits per heavy atom. The van der Waals surface area contributed by atoms with Crippen molar-refractivity contribution in [3.8, 4) is 23.3 Å². The number of thioether (sulfide) groups is 1. The highest BCUT2D eigenvalue weighted by Gasteiger charge is 2.42. The largest absolute Gasteiger partial charge is 0.497 e. The number of nitrogens with one attached hydrogen (secondary N) is 2. The molecule has 2 heterocycles. The molecule has 9 heteroatoms. The summed E-state index contributed by atoms with van der Waals surface area (Å²) in [6, 6.07) is 15.3. The number of dihydropyridines is 1. The minimum absolute atomic E-state index is 0.0443. The SMILES string of the molecule is COc1ccc([C@H]2C(C#N)=C(SCC(=O)NCc3ccc4c(c3)OCO4)NC3=C2C(=O)CC(C)(C)C3)cc1. The Bertz CT molecular complexity index is 1390. The molecule has 2 N–H and O–H groups in total. The lowest BCUT2D eigenvalue weighted by Crippen LogP contribution is -2.37. The summed E-state index contributed by atoms with van der Waals surface area (Å²) in [5.74, 6) is 1.56. The van der Waals surface area contributed by atoms with E-state index in [9.17, 15) is 14.9 Å². The average molecular weight is 532 g/mol. The first-order chi connectivity index (χ1) is 18.3. The van der Waals surface area contributed by atoms with Gasteiger partial charge in [-0.25, -0.2) is 0 Å².